The molecule has 0 aromatic carbocycles. The number of nitrogens with one attached hydrogen (secondary N) is 2. The summed E-state index contributed by atoms with van der Waals surface area (Å²) in [5.74, 6) is -0.119. The van der Waals surface area contributed by atoms with E-state index in [4.69, 9.17) is 4.74 Å². The van der Waals surface area contributed by atoms with Crippen molar-refractivity contribution in [3.8, 4) is 0 Å². The van der Waals surface area contributed by atoms with Gasteiger partial charge in [-0.25, -0.2) is 0 Å². The lowest BCUT2D eigenvalue weighted by atomic mass is 10.2. The van der Waals surface area contributed by atoms with Crippen LogP contribution in [0.4, 0.5) is 5.69 Å². The molecule has 0 aliphatic rings. The molecule has 5 heteroatoms. The summed E-state index contributed by atoms with van der Waals surface area (Å²) in [6.45, 7) is 3.62. The zero-order valence-corrected chi connectivity index (χ0v) is 9.62. The highest BCUT2D eigenvalue weighted by molar-refractivity contribution is 5.99. The van der Waals surface area contributed by atoms with Crippen LogP contribution in [-0.2, 0) is 4.74 Å². The molecule has 16 heavy (non-hydrogen) atoms. The molecule has 1 amide bonds. The third kappa shape index (κ3) is 3.51. The van der Waals surface area contributed by atoms with Crippen molar-refractivity contribution < 1.29 is 9.53 Å². The second-order valence-electron chi connectivity index (χ2n) is 3.12. The number of amides is 1. The first-order valence-corrected chi connectivity index (χ1v) is 5.27. The summed E-state index contributed by atoms with van der Waals surface area (Å²) >= 11 is 0. The van der Waals surface area contributed by atoms with Crippen molar-refractivity contribution in [2.45, 2.75) is 6.92 Å². The Labute approximate surface area is 95.2 Å². The van der Waals surface area contributed by atoms with Gasteiger partial charge in [-0.2, -0.15) is 0 Å². The van der Waals surface area contributed by atoms with Gasteiger partial charge in [-0.15, -0.1) is 0 Å². The van der Waals surface area contributed by atoms with E-state index in [2.05, 4.69) is 15.6 Å². The summed E-state index contributed by atoms with van der Waals surface area (Å²) in [6, 6.07) is 1.68. The highest BCUT2D eigenvalue weighted by atomic mass is 16.5. The lowest BCUT2D eigenvalue weighted by Crippen LogP contribution is -2.27. The SMILES string of the molecule is CCOCCNC(=O)c1ccncc1NC. The number of carbonyl (C=O) groups is 1. The van der Waals surface area contributed by atoms with Crippen molar-refractivity contribution in [2.24, 2.45) is 0 Å². The highest BCUT2D eigenvalue weighted by Gasteiger charge is 2.09. The molecule has 1 aromatic rings. The number of nitrogens with zero attached hydrogens (tertiary/aromatic N) is 1. The predicted molar refractivity (Wildman–Crippen MR) is 62.6 cm³/mol. The van der Waals surface area contributed by atoms with Gasteiger partial charge < -0.3 is 15.4 Å². The minimum Gasteiger partial charge on any atom is -0.386 e. The maximum absolute atomic E-state index is 11.8. The quantitative estimate of drug-likeness (QED) is 0.703. The topological polar surface area (TPSA) is 63.2 Å². The fraction of sp³-hybridized carbons (Fsp3) is 0.455. The van der Waals surface area contributed by atoms with E-state index in [0.29, 0.717) is 25.3 Å². The van der Waals surface area contributed by atoms with Crippen LogP contribution in [0.25, 0.3) is 0 Å². The van der Waals surface area contributed by atoms with Crippen LogP contribution >= 0.6 is 0 Å². The first-order chi connectivity index (χ1) is 7.79. The van der Waals surface area contributed by atoms with Crippen molar-refractivity contribution in [3.63, 3.8) is 0 Å². The van der Waals surface area contributed by atoms with Crippen LogP contribution < -0.4 is 10.6 Å². The predicted octanol–water partition coefficient (Wildman–Crippen LogP) is 0.890. The van der Waals surface area contributed by atoms with Crippen molar-refractivity contribution >= 4 is 11.6 Å². The summed E-state index contributed by atoms with van der Waals surface area (Å²) in [5, 5.41) is 5.70. The zero-order chi connectivity index (χ0) is 11.8. The van der Waals surface area contributed by atoms with Crippen LogP contribution in [0.3, 0.4) is 0 Å². The summed E-state index contributed by atoms with van der Waals surface area (Å²) in [5.41, 5.74) is 1.31. The molecule has 1 rings (SSSR count). The first-order valence-electron chi connectivity index (χ1n) is 5.27. The Kier molecular flexibility index (Phi) is 5.28. The molecule has 0 aliphatic heterocycles. The Morgan fingerprint density at radius 1 is 1.56 bits per heavy atom. The molecule has 1 aromatic heterocycles. The maximum atomic E-state index is 11.8. The van der Waals surface area contributed by atoms with E-state index >= 15 is 0 Å². The number of pyridine rings is 1. The number of anilines is 1. The molecular formula is C11H17N3O2. The molecule has 1 heterocycles. The monoisotopic (exact) mass is 223 g/mol. The van der Waals surface area contributed by atoms with Crippen LogP contribution in [0.15, 0.2) is 18.5 Å². The minimum atomic E-state index is -0.119. The van der Waals surface area contributed by atoms with E-state index in [1.807, 2.05) is 6.92 Å². The molecule has 0 spiro atoms. The standard InChI is InChI=1S/C11H17N3O2/c1-3-16-7-6-14-11(15)9-4-5-13-8-10(9)12-2/h4-5,8,12H,3,6-7H2,1-2H3,(H,14,15). The average molecular weight is 223 g/mol. The highest BCUT2D eigenvalue weighted by Crippen LogP contribution is 2.11. The summed E-state index contributed by atoms with van der Waals surface area (Å²) in [7, 11) is 1.76. The molecule has 88 valence electrons. The van der Waals surface area contributed by atoms with E-state index in [9.17, 15) is 4.79 Å². The molecule has 0 unspecified atom stereocenters. The smallest absolute Gasteiger partial charge is 0.253 e. The van der Waals surface area contributed by atoms with Gasteiger partial charge >= 0.3 is 0 Å². The molecular weight excluding hydrogens is 206 g/mol. The van der Waals surface area contributed by atoms with Gasteiger partial charge in [-0.05, 0) is 13.0 Å². The lowest BCUT2D eigenvalue weighted by Gasteiger charge is -2.08. The van der Waals surface area contributed by atoms with Crippen LogP contribution in [0.5, 0.6) is 0 Å². The number of hydrogen-bond donors (Lipinski definition) is 2. The third-order valence-electron chi connectivity index (χ3n) is 2.07. The second kappa shape index (κ2) is 6.79. The minimum absolute atomic E-state index is 0.119. The molecule has 0 saturated heterocycles. The molecule has 0 aliphatic carbocycles. The lowest BCUT2D eigenvalue weighted by molar-refractivity contribution is 0.0923. The van der Waals surface area contributed by atoms with Crippen molar-refractivity contribution in [2.75, 3.05) is 32.1 Å². The fourth-order valence-electron chi connectivity index (χ4n) is 1.27. The Morgan fingerprint density at radius 3 is 3.06 bits per heavy atom. The average Bonchev–Trinajstić information content (AvgIpc) is 2.34. The molecule has 5 nitrogen and oxygen atoms in total. The van der Waals surface area contributed by atoms with Crippen molar-refractivity contribution in [1.82, 2.24) is 10.3 Å². The Balaban J connectivity index is 2.52. The molecule has 0 atom stereocenters. The maximum Gasteiger partial charge on any atom is 0.253 e. The molecule has 2 N–H and O–H groups in total. The van der Waals surface area contributed by atoms with E-state index < -0.39 is 0 Å². The van der Waals surface area contributed by atoms with Gasteiger partial charge in [0.05, 0.1) is 24.1 Å². The van der Waals surface area contributed by atoms with Crippen molar-refractivity contribution in [3.05, 3.63) is 24.0 Å². The van der Waals surface area contributed by atoms with Gasteiger partial charge in [0, 0.05) is 26.4 Å². The van der Waals surface area contributed by atoms with Gasteiger partial charge in [-0.3, -0.25) is 9.78 Å². The largest absolute Gasteiger partial charge is 0.386 e. The Hall–Kier alpha value is -1.62. The third-order valence-corrected chi connectivity index (χ3v) is 2.07. The molecule has 0 saturated carbocycles. The number of carbonyl (C=O) groups excluding carboxylic acids is 1. The molecule has 0 bridgehead atoms. The Bertz CT molecular complexity index is 342. The summed E-state index contributed by atoms with van der Waals surface area (Å²) in [6.07, 6.45) is 3.22. The Morgan fingerprint density at radius 2 is 2.38 bits per heavy atom. The van der Waals surface area contributed by atoms with Crippen LogP contribution in [-0.4, -0.2) is 37.7 Å². The fourth-order valence-corrected chi connectivity index (χ4v) is 1.27. The zero-order valence-electron chi connectivity index (χ0n) is 9.62. The molecule has 0 radical (unpaired) electrons. The number of aromatic nitrogens is 1. The van der Waals surface area contributed by atoms with Gasteiger partial charge in [0.15, 0.2) is 0 Å². The van der Waals surface area contributed by atoms with E-state index in [-0.39, 0.29) is 5.91 Å². The van der Waals surface area contributed by atoms with Gasteiger partial charge in [0.25, 0.3) is 5.91 Å². The van der Waals surface area contributed by atoms with Crippen LogP contribution in [0.2, 0.25) is 0 Å². The van der Waals surface area contributed by atoms with E-state index in [0.717, 1.165) is 5.69 Å². The second-order valence-corrected chi connectivity index (χ2v) is 3.12. The number of rotatable bonds is 6. The van der Waals surface area contributed by atoms with E-state index in [1.165, 1.54) is 0 Å². The van der Waals surface area contributed by atoms with Gasteiger partial charge in [-0.1, -0.05) is 0 Å². The molecule has 0 fully saturated rings. The summed E-state index contributed by atoms with van der Waals surface area (Å²) < 4.78 is 5.13. The normalized spacial score (nSPS) is 9.88. The number of ether oxygens (including phenoxy) is 1. The first kappa shape index (κ1) is 12.4. The van der Waals surface area contributed by atoms with E-state index in [1.54, 1.807) is 25.5 Å². The van der Waals surface area contributed by atoms with Crippen LogP contribution in [0.1, 0.15) is 17.3 Å². The summed E-state index contributed by atoms with van der Waals surface area (Å²) in [4.78, 5) is 15.7. The van der Waals surface area contributed by atoms with Gasteiger partial charge in [0.1, 0.15) is 0 Å². The van der Waals surface area contributed by atoms with Crippen LogP contribution in [0, 0.1) is 0 Å². The van der Waals surface area contributed by atoms with Gasteiger partial charge in [0.2, 0.25) is 0 Å². The van der Waals surface area contributed by atoms with Crippen molar-refractivity contribution in [1.29, 1.82) is 0 Å². The number of hydrogen-bond acceptors (Lipinski definition) is 4.